The first-order valence-corrected chi connectivity index (χ1v) is 9.03. The summed E-state index contributed by atoms with van der Waals surface area (Å²) in [7, 11) is 0. The van der Waals surface area contributed by atoms with Gasteiger partial charge in [0.1, 0.15) is 0 Å². The molecule has 1 amide bonds. The first-order valence-electron chi connectivity index (χ1n) is 9.03. The summed E-state index contributed by atoms with van der Waals surface area (Å²) in [4.78, 5) is 20.5. The van der Waals surface area contributed by atoms with Gasteiger partial charge in [-0.25, -0.2) is 0 Å². The molecule has 0 spiro atoms. The summed E-state index contributed by atoms with van der Waals surface area (Å²) in [5, 5.41) is 8.05. The number of H-pyrrole nitrogens is 1. The van der Waals surface area contributed by atoms with Gasteiger partial charge in [0.25, 0.3) is 5.89 Å². The smallest absolute Gasteiger partial charge is 0.293 e. The zero-order valence-electron chi connectivity index (χ0n) is 14.6. The minimum atomic E-state index is -0.183. The molecule has 0 saturated carbocycles. The summed E-state index contributed by atoms with van der Waals surface area (Å²) >= 11 is 0. The lowest BCUT2D eigenvalue weighted by molar-refractivity contribution is -0.123. The summed E-state index contributed by atoms with van der Waals surface area (Å²) in [6, 6.07) is 11.7. The van der Waals surface area contributed by atoms with Crippen molar-refractivity contribution in [1.29, 1.82) is 0 Å². The van der Waals surface area contributed by atoms with Gasteiger partial charge in [0.05, 0.1) is 18.7 Å². The number of nitrogens with one attached hydrogen (secondary N) is 2. The van der Waals surface area contributed by atoms with Gasteiger partial charge in [-0.1, -0.05) is 23.4 Å². The first-order chi connectivity index (χ1) is 13.3. The SMILES string of the molecule is O=C(NCc1noc(-c2ccco2)n1)C1CCCc2c1[nH]c1ccccc21. The van der Waals surface area contributed by atoms with Crippen LogP contribution in [-0.2, 0) is 17.8 Å². The minimum absolute atomic E-state index is 0.0214. The van der Waals surface area contributed by atoms with Crippen LogP contribution in [0.5, 0.6) is 0 Å². The number of amides is 1. The van der Waals surface area contributed by atoms with Crippen LogP contribution >= 0.6 is 0 Å². The van der Waals surface area contributed by atoms with Gasteiger partial charge >= 0.3 is 0 Å². The molecular weight excluding hydrogens is 344 g/mol. The molecule has 136 valence electrons. The molecule has 1 aromatic carbocycles. The predicted molar refractivity (Wildman–Crippen MR) is 97.8 cm³/mol. The molecule has 1 aliphatic carbocycles. The van der Waals surface area contributed by atoms with E-state index in [0.29, 0.717) is 17.5 Å². The Morgan fingerprint density at radius 2 is 2.19 bits per heavy atom. The van der Waals surface area contributed by atoms with Gasteiger partial charge in [0.15, 0.2) is 11.6 Å². The van der Waals surface area contributed by atoms with Crippen molar-refractivity contribution in [1.82, 2.24) is 20.4 Å². The van der Waals surface area contributed by atoms with Crippen LogP contribution in [-0.4, -0.2) is 21.0 Å². The molecule has 4 aromatic rings. The molecule has 5 rings (SSSR count). The van der Waals surface area contributed by atoms with Crippen molar-refractivity contribution in [3.8, 4) is 11.7 Å². The van der Waals surface area contributed by atoms with Crippen molar-refractivity contribution in [3.63, 3.8) is 0 Å². The molecule has 0 bridgehead atoms. The number of furan rings is 1. The van der Waals surface area contributed by atoms with Gasteiger partial charge in [-0.2, -0.15) is 4.98 Å². The lowest BCUT2D eigenvalue weighted by Gasteiger charge is -2.21. The predicted octanol–water partition coefficient (Wildman–Crippen LogP) is 3.55. The van der Waals surface area contributed by atoms with E-state index < -0.39 is 0 Å². The van der Waals surface area contributed by atoms with Gasteiger partial charge in [-0.05, 0) is 43.0 Å². The lowest BCUT2D eigenvalue weighted by atomic mass is 9.86. The van der Waals surface area contributed by atoms with Crippen LogP contribution in [0.4, 0.5) is 0 Å². The Kier molecular flexibility index (Phi) is 3.78. The molecule has 7 nitrogen and oxygen atoms in total. The van der Waals surface area contributed by atoms with Crippen molar-refractivity contribution >= 4 is 16.8 Å². The maximum atomic E-state index is 12.8. The van der Waals surface area contributed by atoms with Crippen LogP contribution in [0.3, 0.4) is 0 Å². The third kappa shape index (κ3) is 2.81. The Hall–Kier alpha value is -3.35. The summed E-state index contributed by atoms with van der Waals surface area (Å²) in [6.07, 6.45) is 4.37. The van der Waals surface area contributed by atoms with Crippen LogP contribution in [0, 0.1) is 0 Å². The first kappa shape index (κ1) is 15.9. The highest BCUT2D eigenvalue weighted by Crippen LogP contribution is 2.36. The number of fused-ring (bicyclic) bond motifs is 3. The Balaban J connectivity index is 1.32. The van der Waals surface area contributed by atoms with Crippen LogP contribution in [0.15, 0.2) is 51.6 Å². The van der Waals surface area contributed by atoms with Crippen molar-refractivity contribution in [2.24, 2.45) is 0 Å². The summed E-state index contributed by atoms with van der Waals surface area (Å²) in [6.45, 7) is 0.217. The Bertz CT molecular complexity index is 1090. The zero-order valence-corrected chi connectivity index (χ0v) is 14.6. The molecule has 1 atom stereocenters. The molecule has 1 unspecified atom stereocenters. The van der Waals surface area contributed by atoms with E-state index in [2.05, 4.69) is 32.6 Å². The standard InChI is InChI=1S/C20H18N4O3/c25-19(21-11-17-23-20(27-24-17)16-9-4-10-26-16)14-7-3-6-13-12-5-1-2-8-15(12)22-18(13)14/h1-2,4-5,8-10,14,22H,3,6-7,11H2,(H,21,25). The molecule has 2 N–H and O–H groups in total. The van der Waals surface area contributed by atoms with Crippen molar-refractivity contribution < 1.29 is 13.7 Å². The fraction of sp³-hybridized carbons (Fsp3) is 0.250. The van der Waals surface area contributed by atoms with Gasteiger partial charge in [-0.3, -0.25) is 4.79 Å². The third-order valence-electron chi connectivity index (χ3n) is 5.05. The second-order valence-electron chi connectivity index (χ2n) is 6.72. The van der Waals surface area contributed by atoms with Crippen LogP contribution in [0.25, 0.3) is 22.6 Å². The van der Waals surface area contributed by atoms with Gasteiger partial charge in [0, 0.05) is 16.6 Å². The average Bonchev–Trinajstić information content (AvgIpc) is 3.44. The number of carbonyl (C=O) groups is 1. The number of aryl methyl sites for hydroxylation is 1. The van der Waals surface area contributed by atoms with E-state index in [1.54, 1.807) is 18.4 Å². The molecule has 27 heavy (non-hydrogen) atoms. The largest absolute Gasteiger partial charge is 0.459 e. The molecular formula is C20H18N4O3. The number of rotatable bonds is 4. The van der Waals surface area contributed by atoms with Gasteiger partial charge in [-0.15, -0.1) is 0 Å². The lowest BCUT2D eigenvalue weighted by Crippen LogP contribution is -2.31. The van der Waals surface area contributed by atoms with Crippen molar-refractivity contribution in [3.05, 3.63) is 59.7 Å². The van der Waals surface area contributed by atoms with E-state index in [1.165, 1.54) is 10.9 Å². The monoisotopic (exact) mass is 362 g/mol. The maximum Gasteiger partial charge on any atom is 0.293 e. The molecule has 0 fully saturated rings. The topological polar surface area (TPSA) is 97.0 Å². The highest BCUT2D eigenvalue weighted by Gasteiger charge is 2.29. The molecule has 3 heterocycles. The number of carbonyl (C=O) groups excluding carboxylic acids is 1. The van der Waals surface area contributed by atoms with Crippen LogP contribution in [0.2, 0.25) is 0 Å². The Morgan fingerprint density at radius 1 is 1.26 bits per heavy atom. The molecule has 0 aliphatic heterocycles. The van der Waals surface area contributed by atoms with Gasteiger partial charge < -0.3 is 19.2 Å². The number of hydrogen-bond donors (Lipinski definition) is 2. The minimum Gasteiger partial charge on any atom is -0.459 e. The fourth-order valence-corrected chi connectivity index (χ4v) is 3.79. The number of para-hydroxylation sites is 1. The number of benzene rings is 1. The number of nitrogens with zero attached hydrogens (tertiary/aromatic N) is 2. The summed E-state index contributed by atoms with van der Waals surface area (Å²) in [5.41, 5.74) is 3.38. The molecule has 1 aliphatic rings. The van der Waals surface area contributed by atoms with Crippen molar-refractivity contribution in [2.75, 3.05) is 0 Å². The Morgan fingerprint density at radius 3 is 3.07 bits per heavy atom. The van der Waals surface area contributed by atoms with E-state index in [9.17, 15) is 4.79 Å². The summed E-state index contributed by atoms with van der Waals surface area (Å²) in [5.74, 6) is 1.03. The van der Waals surface area contributed by atoms with E-state index in [1.807, 2.05) is 12.1 Å². The number of aromatic amines is 1. The number of aromatic nitrogens is 3. The van der Waals surface area contributed by atoms with E-state index in [-0.39, 0.29) is 18.4 Å². The van der Waals surface area contributed by atoms with Crippen LogP contribution in [0.1, 0.15) is 35.8 Å². The highest BCUT2D eigenvalue weighted by molar-refractivity contribution is 5.90. The second-order valence-corrected chi connectivity index (χ2v) is 6.72. The normalized spacial score (nSPS) is 16.4. The average molecular weight is 362 g/mol. The zero-order chi connectivity index (χ0) is 18.2. The third-order valence-corrected chi connectivity index (χ3v) is 5.05. The van der Waals surface area contributed by atoms with Gasteiger partial charge in [0.2, 0.25) is 5.91 Å². The molecule has 3 aromatic heterocycles. The molecule has 0 saturated heterocycles. The van der Waals surface area contributed by atoms with Crippen LogP contribution < -0.4 is 5.32 Å². The second kappa shape index (κ2) is 6.42. The fourth-order valence-electron chi connectivity index (χ4n) is 3.79. The van der Waals surface area contributed by atoms with Crippen molar-refractivity contribution in [2.45, 2.75) is 31.7 Å². The van der Waals surface area contributed by atoms with E-state index >= 15 is 0 Å². The quantitative estimate of drug-likeness (QED) is 0.579. The number of hydrogen-bond acceptors (Lipinski definition) is 5. The highest BCUT2D eigenvalue weighted by atomic mass is 16.5. The maximum absolute atomic E-state index is 12.8. The van der Waals surface area contributed by atoms with E-state index in [0.717, 1.165) is 30.5 Å². The van der Waals surface area contributed by atoms with E-state index in [4.69, 9.17) is 8.94 Å². The Labute approximate surface area is 154 Å². The molecule has 0 radical (unpaired) electrons. The summed E-state index contributed by atoms with van der Waals surface area (Å²) < 4.78 is 10.4. The molecule has 7 heteroatoms.